The van der Waals surface area contributed by atoms with Gasteiger partial charge in [-0.3, -0.25) is 4.79 Å². The Labute approximate surface area is 74.1 Å². The van der Waals surface area contributed by atoms with Crippen molar-refractivity contribution in [3.05, 3.63) is 0 Å². The Morgan fingerprint density at radius 2 is 2.15 bits per heavy atom. The van der Waals surface area contributed by atoms with Gasteiger partial charge in [0, 0.05) is 13.0 Å². The third kappa shape index (κ3) is 3.76. The van der Waals surface area contributed by atoms with Crippen molar-refractivity contribution in [2.45, 2.75) is 38.0 Å². The van der Waals surface area contributed by atoms with Crippen LogP contribution in [0.3, 0.4) is 0 Å². The van der Waals surface area contributed by atoms with Gasteiger partial charge in [0.2, 0.25) is 0 Å². The van der Waals surface area contributed by atoms with Gasteiger partial charge in [-0.1, -0.05) is 0 Å². The van der Waals surface area contributed by atoms with Crippen LogP contribution in [0, 0.1) is 0 Å². The Balaban J connectivity index is 2.25. The van der Waals surface area contributed by atoms with Crippen molar-refractivity contribution in [1.82, 2.24) is 0 Å². The minimum atomic E-state index is -4.24. The predicted molar refractivity (Wildman–Crippen MR) is 39.3 cm³/mol. The van der Waals surface area contributed by atoms with Gasteiger partial charge in [-0.05, 0) is 12.8 Å². The first-order chi connectivity index (χ1) is 5.99. The van der Waals surface area contributed by atoms with E-state index in [4.69, 9.17) is 4.74 Å². The van der Waals surface area contributed by atoms with Gasteiger partial charge in [-0.15, -0.1) is 0 Å². The lowest BCUT2D eigenvalue weighted by atomic mass is 10.1. The Hall–Kier alpha value is -0.580. The first-order valence-electron chi connectivity index (χ1n) is 4.20. The minimum absolute atomic E-state index is 0.421. The number of carbonyl (C=O) groups is 1. The van der Waals surface area contributed by atoms with Crippen LogP contribution in [0.4, 0.5) is 13.2 Å². The topological polar surface area (TPSA) is 26.3 Å². The molecule has 0 spiro atoms. The zero-order chi connectivity index (χ0) is 9.90. The van der Waals surface area contributed by atoms with E-state index in [-0.39, 0.29) is 0 Å². The van der Waals surface area contributed by atoms with Gasteiger partial charge in [0.05, 0.1) is 6.42 Å². The van der Waals surface area contributed by atoms with Crippen molar-refractivity contribution in [1.29, 1.82) is 0 Å². The molecule has 1 aliphatic heterocycles. The van der Waals surface area contributed by atoms with Gasteiger partial charge < -0.3 is 4.74 Å². The fraction of sp³-hybridized carbons (Fsp3) is 0.875. The first kappa shape index (κ1) is 10.5. The van der Waals surface area contributed by atoms with Gasteiger partial charge in [0.1, 0.15) is 6.10 Å². The van der Waals surface area contributed by atoms with Gasteiger partial charge in [0.25, 0.3) is 0 Å². The summed E-state index contributed by atoms with van der Waals surface area (Å²) in [7, 11) is 0. The number of hydrogen-bond acceptors (Lipinski definition) is 2. The van der Waals surface area contributed by atoms with Crippen LogP contribution in [0.15, 0.2) is 0 Å². The standard InChI is InChI=1S/C8H11F3O2/c9-8(10,11)4-3-6(12)7-2-1-5-13-7/h7H,1-5H2. The van der Waals surface area contributed by atoms with Crippen molar-refractivity contribution in [2.75, 3.05) is 6.61 Å². The third-order valence-corrected chi connectivity index (χ3v) is 1.94. The van der Waals surface area contributed by atoms with Crippen LogP contribution in [0.2, 0.25) is 0 Å². The molecule has 0 bridgehead atoms. The molecular formula is C8H11F3O2. The number of alkyl halides is 3. The molecule has 0 aromatic carbocycles. The summed E-state index contributed by atoms with van der Waals surface area (Å²) < 4.78 is 40.1. The Kier molecular flexibility index (Phi) is 3.30. The lowest BCUT2D eigenvalue weighted by Crippen LogP contribution is -2.21. The van der Waals surface area contributed by atoms with Crippen molar-refractivity contribution in [2.24, 2.45) is 0 Å². The molecule has 0 aromatic heterocycles. The molecule has 1 aliphatic rings. The molecule has 2 nitrogen and oxygen atoms in total. The Morgan fingerprint density at radius 3 is 2.62 bits per heavy atom. The molecule has 1 fully saturated rings. The van der Waals surface area contributed by atoms with E-state index < -0.39 is 30.9 Å². The third-order valence-electron chi connectivity index (χ3n) is 1.94. The number of carbonyl (C=O) groups excluding carboxylic acids is 1. The Bertz CT molecular complexity index is 182. The quantitative estimate of drug-likeness (QED) is 0.690. The van der Waals surface area contributed by atoms with E-state index in [0.717, 1.165) is 6.42 Å². The fourth-order valence-electron chi connectivity index (χ4n) is 1.26. The maximum absolute atomic E-state index is 11.7. The second-order valence-electron chi connectivity index (χ2n) is 3.08. The summed E-state index contributed by atoms with van der Waals surface area (Å²) in [6, 6.07) is 0. The molecule has 0 N–H and O–H groups in total. The van der Waals surface area contributed by atoms with Crippen LogP contribution in [0.5, 0.6) is 0 Å². The average molecular weight is 196 g/mol. The summed E-state index contributed by atoms with van der Waals surface area (Å²) in [5.41, 5.74) is 0. The van der Waals surface area contributed by atoms with Gasteiger partial charge >= 0.3 is 6.18 Å². The minimum Gasteiger partial charge on any atom is -0.370 e. The summed E-state index contributed by atoms with van der Waals surface area (Å²) in [4.78, 5) is 11.1. The molecule has 13 heavy (non-hydrogen) atoms. The van der Waals surface area contributed by atoms with Crippen molar-refractivity contribution >= 4 is 5.78 Å². The average Bonchev–Trinajstić information content (AvgIpc) is 2.50. The molecule has 0 saturated carbocycles. The van der Waals surface area contributed by atoms with Gasteiger partial charge in [0.15, 0.2) is 5.78 Å². The molecule has 0 aliphatic carbocycles. The van der Waals surface area contributed by atoms with Crippen LogP contribution in [0.25, 0.3) is 0 Å². The van der Waals surface area contributed by atoms with Crippen LogP contribution in [-0.2, 0) is 9.53 Å². The van der Waals surface area contributed by atoms with Gasteiger partial charge in [-0.25, -0.2) is 0 Å². The number of Topliss-reactive ketones (excluding diaryl/α,β-unsaturated/α-hetero) is 1. The summed E-state index contributed by atoms with van der Waals surface area (Å²) in [5.74, 6) is -0.421. The van der Waals surface area contributed by atoms with E-state index in [1.807, 2.05) is 0 Å². The fourth-order valence-corrected chi connectivity index (χ4v) is 1.26. The van der Waals surface area contributed by atoms with E-state index in [1.165, 1.54) is 0 Å². The van der Waals surface area contributed by atoms with Crippen molar-refractivity contribution < 1.29 is 22.7 Å². The lowest BCUT2D eigenvalue weighted by molar-refractivity contribution is -0.147. The zero-order valence-corrected chi connectivity index (χ0v) is 7.06. The second-order valence-corrected chi connectivity index (χ2v) is 3.08. The number of ether oxygens (including phenoxy) is 1. The summed E-state index contributed by atoms with van der Waals surface area (Å²) in [5, 5.41) is 0. The molecule has 0 radical (unpaired) electrons. The highest BCUT2D eigenvalue weighted by Crippen LogP contribution is 2.23. The molecule has 1 atom stereocenters. The SMILES string of the molecule is O=C(CCC(F)(F)F)C1CCCO1. The molecule has 0 amide bonds. The molecule has 5 heteroatoms. The molecule has 1 unspecified atom stereocenters. The maximum atomic E-state index is 11.7. The molecule has 0 aromatic rings. The van der Waals surface area contributed by atoms with Crippen LogP contribution < -0.4 is 0 Å². The van der Waals surface area contributed by atoms with Crippen LogP contribution in [-0.4, -0.2) is 24.7 Å². The van der Waals surface area contributed by atoms with E-state index in [1.54, 1.807) is 0 Å². The Morgan fingerprint density at radius 1 is 1.46 bits per heavy atom. The summed E-state index contributed by atoms with van der Waals surface area (Å²) in [6.07, 6.45) is -4.98. The predicted octanol–water partition coefficient (Wildman–Crippen LogP) is 2.08. The smallest absolute Gasteiger partial charge is 0.370 e. The van der Waals surface area contributed by atoms with E-state index in [2.05, 4.69) is 0 Å². The largest absolute Gasteiger partial charge is 0.389 e. The van der Waals surface area contributed by atoms with Crippen molar-refractivity contribution in [3.8, 4) is 0 Å². The molecular weight excluding hydrogens is 185 g/mol. The summed E-state index contributed by atoms with van der Waals surface area (Å²) in [6.45, 7) is 0.489. The second kappa shape index (κ2) is 4.09. The number of halogens is 3. The number of rotatable bonds is 3. The number of ketones is 1. The van der Waals surface area contributed by atoms with E-state index in [0.29, 0.717) is 13.0 Å². The lowest BCUT2D eigenvalue weighted by Gasteiger charge is -2.09. The summed E-state index contributed by atoms with van der Waals surface area (Å²) >= 11 is 0. The van der Waals surface area contributed by atoms with Crippen LogP contribution in [0.1, 0.15) is 25.7 Å². The van der Waals surface area contributed by atoms with Gasteiger partial charge in [-0.2, -0.15) is 13.2 Å². The highest BCUT2D eigenvalue weighted by atomic mass is 19.4. The first-order valence-corrected chi connectivity index (χ1v) is 4.20. The highest BCUT2D eigenvalue weighted by molar-refractivity contribution is 5.83. The molecule has 76 valence electrons. The van der Waals surface area contributed by atoms with Crippen LogP contribution >= 0.6 is 0 Å². The molecule has 1 heterocycles. The molecule has 1 rings (SSSR count). The van der Waals surface area contributed by atoms with E-state index >= 15 is 0 Å². The van der Waals surface area contributed by atoms with E-state index in [9.17, 15) is 18.0 Å². The molecule has 1 saturated heterocycles. The maximum Gasteiger partial charge on any atom is 0.389 e. The number of hydrogen-bond donors (Lipinski definition) is 0. The van der Waals surface area contributed by atoms with Crippen molar-refractivity contribution in [3.63, 3.8) is 0 Å². The highest BCUT2D eigenvalue weighted by Gasteiger charge is 2.31. The monoisotopic (exact) mass is 196 g/mol. The zero-order valence-electron chi connectivity index (χ0n) is 7.06. The normalized spacial score (nSPS) is 23.5.